The topological polar surface area (TPSA) is 23.5 Å². The Hall–Kier alpha value is -1.64. The first-order valence-electron chi connectivity index (χ1n) is 8.26. The van der Waals surface area contributed by atoms with Crippen LogP contribution in [0.4, 0.5) is 0 Å². The van der Waals surface area contributed by atoms with Crippen LogP contribution >= 0.6 is 0 Å². The molecule has 2 aliphatic heterocycles. The van der Waals surface area contributed by atoms with Crippen LogP contribution in [0.3, 0.4) is 0 Å². The minimum Gasteiger partial charge on any atom is -0.383 e. The van der Waals surface area contributed by atoms with E-state index in [-0.39, 0.29) is 12.0 Å². The maximum absolute atomic E-state index is 11.9. The predicted octanol–water partition coefficient (Wildman–Crippen LogP) is 3.52. The monoisotopic (exact) mass is 293 g/mol. The van der Waals surface area contributed by atoms with Crippen molar-refractivity contribution in [1.82, 2.24) is 4.90 Å². The van der Waals surface area contributed by atoms with E-state index < -0.39 is 5.60 Å². The number of fused-ring (bicyclic) bond motifs is 2. The molecule has 2 nitrogen and oxygen atoms in total. The molecule has 4 atom stereocenters. The van der Waals surface area contributed by atoms with E-state index in [1.807, 2.05) is 18.2 Å². The normalized spacial score (nSPS) is 34.7. The third-order valence-corrected chi connectivity index (χ3v) is 5.83. The van der Waals surface area contributed by atoms with Crippen LogP contribution in [0.1, 0.15) is 36.3 Å². The van der Waals surface area contributed by atoms with Gasteiger partial charge in [-0.05, 0) is 37.4 Å². The Morgan fingerprint density at radius 2 is 1.59 bits per heavy atom. The number of hydrogen-bond acceptors (Lipinski definition) is 2. The SMILES string of the molecule is CN1[C@H]2CC[C@@H]1[C@@](O)(c1ccccc1)[C@@H](c1ccccc1)C2. The lowest BCUT2D eigenvalue weighted by atomic mass is 9.69. The number of aliphatic hydroxyl groups is 1. The van der Waals surface area contributed by atoms with Gasteiger partial charge in [-0.3, -0.25) is 4.90 Å². The van der Waals surface area contributed by atoms with Crippen molar-refractivity contribution in [3.05, 3.63) is 71.8 Å². The summed E-state index contributed by atoms with van der Waals surface area (Å²) in [5.74, 6) is 0.171. The largest absolute Gasteiger partial charge is 0.383 e. The van der Waals surface area contributed by atoms with Crippen LogP contribution in [0.25, 0.3) is 0 Å². The molecular formula is C20H23NO. The second-order valence-electron chi connectivity index (χ2n) is 6.80. The summed E-state index contributed by atoms with van der Waals surface area (Å²) in [5, 5.41) is 11.9. The molecule has 1 N–H and O–H groups in total. The number of nitrogens with zero attached hydrogens (tertiary/aromatic N) is 1. The van der Waals surface area contributed by atoms with Crippen molar-refractivity contribution in [2.75, 3.05) is 7.05 Å². The third kappa shape index (κ3) is 1.94. The van der Waals surface area contributed by atoms with Gasteiger partial charge in [0.15, 0.2) is 0 Å². The summed E-state index contributed by atoms with van der Waals surface area (Å²) in [5.41, 5.74) is 1.52. The first-order chi connectivity index (χ1) is 10.7. The Kier molecular flexibility index (Phi) is 3.32. The summed E-state index contributed by atoms with van der Waals surface area (Å²) in [6, 6.07) is 21.6. The maximum atomic E-state index is 11.9. The van der Waals surface area contributed by atoms with Gasteiger partial charge in [0.25, 0.3) is 0 Å². The molecule has 0 saturated carbocycles. The molecule has 2 aromatic rings. The molecule has 2 heterocycles. The highest BCUT2D eigenvalue weighted by molar-refractivity contribution is 5.35. The number of rotatable bonds is 2. The molecule has 22 heavy (non-hydrogen) atoms. The summed E-state index contributed by atoms with van der Waals surface area (Å²) in [7, 11) is 2.18. The highest BCUT2D eigenvalue weighted by Gasteiger charge is 2.55. The van der Waals surface area contributed by atoms with Crippen molar-refractivity contribution < 1.29 is 5.11 Å². The summed E-state index contributed by atoms with van der Waals surface area (Å²) in [4.78, 5) is 2.41. The van der Waals surface area contributed by atoms with Gasteiger partial charge in [0, 0.05) is 18.0 Å². The number of hydrogen-bond donors (Lipinski definition) is 1. The molecule has 2 fully saturated rings. The molecule has 2 aromatic carbocycles. The van der Waals surface area contributed by atoms with Crippen LogP contribution in [0.2, 0.25) is 0 Å². The van der Waals surface area contributed by atoms with Crippen LogP contribution in [0.15, 0.2) is 60.7 Å². The highest BCUT2D eigenvalue weighted by Crippen LogP contribution is 2.53. The van der Waals surface area contributed by atoms with Gasteiger partial charge in [-0.1, -0.05) is 60.7 Å². The van der Waals surface area contributed by atoms with Gasteiger partial charge < -0.3 is 5.11 Å². The standard InChI is InChI=1S/C20H23NO/c1-21-17-12-13-19(21)20(22,16-10-6-3-7-11-16)18(14-17)15-8-4-2-5-9-15/h2-11,17-19,22H,12-14H2,1H3/t17-,18+,19+,20+/m0/s1. The van der Waals surface area contributed by atoms with Crippen LogP contribution < -0.4 is 0 Å². The lowest BCUT2D eigenvalue weighted by molar-refractivity contribution is -0.0913. The molecule has 0 spiro atoms. The van der Waals surface area contributed by atoms with E-state index in [0.29, 0.717) is 6.04 Å². The van der Waals surface area contributed by atoms with Crippen molar-refractivity contribution in [3.63, 3.8) is 0 Å². The van der Waals surface area contributed by atoms with Crippen LogP contribution in [-0.2, 0) is 5.60 Å². The van der Waals surface area contributed by atoms with Gasteiger partial charge in [-0.2, -0.15) is 0 Å². The predicted molar refractivity (Wildman–Crippen MR) is 88.7 cm³/mol. The molecule has 2 saturated heterocycles. The minimum atomic E-state index is -0.801. The van der Waals surface area contributed by atoms with Gasteiger partial charge in [0.1, 0.15) is 5.60 Å². The smallest absolute Gasteiger partial charge is 0.112 e. The summed E-state index contributed by atoms with van der Waals surface area (Å²) < 4.78 is 0. The third-order valence-electron chi connectivity index (χ3n) is 5.83. The average Bonchev–Trinajstić information content (AvgIpc) is 2.85. The zero-order chi connectivity index (χ0) is 15.2. The lowest BCUT2D eigenvalue weighted by Crippen LogP contribution is -2.56. The molecule has 0 amide bonds. The van der Waals surface area contributed by atoms with E-state index in [0.717, 1.165) is 18.4 Å². The number of piperidine rings is 1. The van der Waals surface area contributed by atoms with Gasteiger partial charge in [-0.25, -0.2) is 0 Å². The molecule has 4 rings (SSSR count). The van der Waals surface area contributed by atoms with Crippen LogP contribution in [-0.4, -0.2) is 29.1 Å². The van der Waals surface area contributed by atoms with Crippen molar-refractivity contribution >= 4 is 0 Å². The maximum Gasteiger partial charge on any atom is 0.112 e. The Labute approximate surface area is 132 Å². The highest BCUT2D eigenvalue weighted by atomic mass is 16.3. The fourth-order valence-corrected chi connectivity index (χ4v) is 4.68. The molecule has 0 unspecified atom stereocenters. The first-order valence-corrected chi connectivity index (χ1v) is 8.26. The van der Waals surface area contributed by atoms with Gasteiger partial charge in [0.2, 0.25) is 0 Å². The van der Waals surface area contributed by atoms with Gasteiger partial charge in [0.05, 0.1) is 0 Å². The molecule has 0 aromatic heterocycles. The van der Waals surface area contributed by atoms with Gasteiger partial charge in [-0.15, -0.1) is 0 Å². The first kappa shape index (κ1) is 14.0. The van der Waals surface area contributed by atoms with E-state index >= 15 is 0 Å². The second-order valence-corrected chi connectivity index (χ2v) is 6.80. The summed E-state index contributed by atoms with van der Waals surface area (Å²) in [6.45, 7) is 0. The molecule has 2 bridgehead atoms. The van der Waals surface area contributed by atoms with Gasteiger partial charge >= 0.3 is 0 Å². The lowest BCUT2D eigenvalue weighted by Gasteiger charge is -2.50. The zero-order valence-electron chi connectivity index (χ0n) is 13.0. The molecule has 0 radical (unpaired) electrons. The van der Waals surface area contributed by atoms with E-state index in [2.05, 4.69) is 54.4 Å². The molecule has 114 valence electrons. The minimum absolute atomic E-state index is 0.171. The fourth-order valence-electron chi connectivity index (χ4n) is 4.68. The van der Waals surface area contributed by atoms with E-state index in [4.69, 9.17) is 0 Å². The Balaban J connectivity index is 1.86. The second kappa shape index (κ2) is 5.22. The summed E-state index contributed by atoms with van der Waals surface area (Å²) in [6.07, 6.45) is 3.30. The summed E-state index contributed by atoms with van der Waals surface area (Å²) >= 11 is 0. The van der Waals surface area contributed by atoms with Crippen molar-refractivity contribution in [2.45, 2.75) is 42.9 Å². The molecule has 0 aliphatic carbocycles. The van der Waals surface area contributed by atoms with Crippen molar-refractivity contribution in [3.8, 4) is 0 Å². The van der Waals surface area contributed by atoms with Crippen LogP contribution in [0.5, 0.6) is 0 Å². The Morgan fingerprint density at radius 3 is 2.27 bits per heavy atom. The Morgan fingerprint density at radius 1 is 0.955 bits per heavy atom. The molecule has 2 heteroatoms. The van der Waals surface area contributed by atoms with Crippen LogP contribution in [0, 0.1) is 0 Å². The van der Waals surface area contributed by atoms with Crippen molar-refractivity contribution in [2.24, 2.45) is 0 Å². The number of benzene rings is 2. The number of likely N-dealkylation sites (N-methyl/N-ethyl adjacent to an activating group) is 1. The quantitative estimate of drug-likeness (QED) is 0.915. The van der Waals surface area contributed by atoms with Crippen molar-refractivity contribution in [1.29, 1.82) is 0 Å². The zero-order valence-corrected chi connectivity index (χ0v) is 13.0. The van der Waals surface area contributed by atoms with E-state index in [1.165, 1.54) is 12.0 Å². The molecule has 2 aliphatic rings. The Bertz CT molecular complexity index is 641. The fraction of sp³-hybridized carbons (Fsp3) is 0.400. The average molecular weight is 293 g/mol. The van der Waals surface area contributed by atoms with E-state index in [9.17, 15) is 5.11 Å². The molecular weight excluding hydrogens is 270 g/mol. The van der Waals surface area contributed by atoms with E-state index in [1.54, 1.807) is 0 Å².